The van der Waals surface area contributed by atoms with Gasteiger partial charge in [0.1, 0.15) is 10.7 Å². The van der Waals surface area contributed by atoms with Crippen LogP contribution in [0.3, 0.4) is 0 Å². The molecule has 1 aromatic rings. The lowest BCUT2D eigenvalue weighted by Gasteiger charge is -2.13. The molecule has 100 valence electrons. The van der Waals surface area contributed by atoms with Gasteiger partial charge in [0.05, 0.1) is 6.10 Å². The van der Waals surface area contributed by atoms with E-state index in [0.29, 0.717) is 12.8 Å². The standard InChI is InChI=1S/C12H16FNO3S/c1-17-10-7-6-9(8-10)14-18(15,16)12-5-3-2-4-11(12)13/h2-5,9-10,14H,6-8H2,1H3. The Kier molecular flexibility index (Phi) is 3.99. The van der Waals surface area contributed by atoms with Gasteiger partial charge in [-0.05, 0) is 31.4 Å². The average Bonchev–Trinajstić information content (AvgIpc) is 2.76. The molecule has 1 N–H and O–H groups in total. The van der Waals surface area contributed by atoms with E-state index in [1.54, 1.807) is 7.11 Å². The summed E-state index contributed by atoms with van der Waals surface area (Å²) >= 11 is 0. The Morgan fingerprint density at radius 3 is 2.67 bits per heavy atom. The number of hydrogen-bond acceptors (Lipinski definition) is 3. The zero-order chi connectivity index (χ0) is 13.2. The van der Waals surface area contributed by atoms with Gasteiger partial charge in [-0.2, -0.15) is 0 Å². The Hall–Kier alpha value is -0.980. The van der Waals surface area contributed by atoms with E-state index in [1.165, 1.54) is 18.2 Å². The Morgan fingerprint density at radius 1 is 1.33 bits per heavy atom. The maximum absolute atomic E-state index is 13.5. The lowest BCUT2D eigenvalue weighted by Crippen LogP contribution is -2.33. The van der Waals surface area contributed by atoms with Crippen molar-refractivity contribution >= 4 is 10.0 Å². The Morgan fingerprint density at radius 2 is 2.06 bits per heavy atom. The van der Waals surface area contributed by atoms with Gasteiger partial charge in [-0.25, -0.2) is 17.5 Å². The number of ether oxygens (including phenoxy) is 1. The minimum Gasteiger partial charge on any atom is -0.381 e. The summed E-state index contributed by atoms with van der Waals surface area (Å²) in [6, 6.07) is 5.19. The molecule has 6 heteroatoms. The van der Waals surface area contributed by atoms with Crippen LogP contribution in [0.2, 0.25) is 0 Å². The van der Waals surface area contributed by atoms with Crippen molar-refractivity contribution < 1.29 is 17.5 Å². The van der Waals surface area contributed by atoms with Crippen LogP contribution in [0.1, 0.15) is 19.3 Å². The van der Waals surface area contributed by atoms with Gasteiger partial charge >= 0.3 is 0 Å². The molecule has 0 heterocycles. The number of halogens is 1. The van der Waals surface area contributed by atoms with Crippen LogP contribution < -0.4 is 4.72 Å². The molecule has 0 amide bonds. The quantitative estimate of drug-likeness (QED) is 0.908. The third kappa shape index (κ3) is 2.88. The third-order valence-corrected chi connectivity index (χ3v) is 4.72. The van der Waals surface area contributed by atoms with Crippen molar-refractivity contribution in [1.82, 2.24) is 4.72 Å². The highest BCUT2D eigenvalue weighted by Gasteiger charge is 2.29. The molecule has 0 saturated heterocycles. The molecule has 1 aliphatic carbocycles. The minimum atomic E-state index is -3.79. The van der Waals surface area contributed by atoms with Crippen LogP contribution in [0.5, 0.6) is 0 Å². The van der Waals surface area contributed by atoms with E-state index in [-0.39, 0.29) is 17.0 Å². The van der Waals surface area contributed by atoms with Gasteiger partial charge in [0, 0.05) is 13.2 Å². The zero-order valence-electron chi connectivity index (χ0n) is 10.1. The molecule has 1 saturated carbocycles. The molecule has 0 aromatic heterocycles. The molecule has 0 aliphatic heterocycles. The minimum absolute atomic E-state index is 0.0818. The van der Waals surface area contributed by atoms with Crippen LogP contribution in [0, 0.1) is 5.82 Å². The number of benzene rings is 1. The summed E-state index contributed by atoms with van der Waals surface area (Å²) in [5.74, 6) is -0.730. The Bertz CT molecular complexity index is 518. The maximum atomic E-state index is 13.5. The summed E-state index contributed by atoms with van der Waals surface area (Å²) in [4.78, 5) is -0.300. The predicted molar refractivity (Wildman–Crippen MR) is 65.2 cm³/mol. The molecule has 2 atom stereocenters. The lowest BCUT2D eigenvalue weighted by molar-refractivity contribution is 0.107. The summed E-state index contributed by atoms with van der Waals surface area (Å²) in [7, 11) is -2.18. The van der Waals surface area contributed by atoms with E-state index in [0.717, 1.165) is 12.5 Å². The molecule has 18 heavy (non-hydrogen) atoms. The highest BCUT2D eigenvalue weighted by molar-refractivity contribution is 7.89. The smallest absolute Gasteiger partial charge is 0.243 e. The van der Waals surface area contributed by atoms with Crippen molar-refractivity contribution in [3.63, 3.8) is 0 Å². The van der Waals surface area contributed by atoms with Crippen LogP contribution in [0.15, 0.2) is 29.2 Å². The van der Waals surface area contributed by atoms with Gasteiger partial charge in [-0.15, -0.1) is 0 Å². The van der Waals surface area contributed by atoms with Crippen LogP contribution in [-0.4, -0.2) is 27.7 Å². The molecular formula is C12H16FNO3S. The fraction of sp³-hybridized carbons (Fsp3) is 0.500. The normalized spacial score (nSPS) is 24.3. The number of nitrogens with one attached hydrogen (secondary N) is 1. The van der Waals surface area contributed by atoms with Crippen molar-refractivity contribution in [2.75, 3.05) is 7.11 Å². The highest BCUT2D eigenvalue weighted by Crippen LogP contribution is 2.23. The number of sulfonamides is 1. The van der Waals surface area contributed by atoms with Gasteiger partial charge < -0.3 is 4.74 Å². The van der Waals surface area contributed by atoms with E-state index >= 15 is 0 Å². The molecule has 0 radical (unpaired) electrons. The first-order valence-corrected chi connectivity index (χ1v) is 7.31. The topological polar surface area (TPSA) is 55.4 Å². The molecule has 0 spiro atoms. The Labute approximate surface area is 106 Å². The van der Waals surface area contributed by atoms with Gasteiger partial charge in [-0.1, -0.05) is 12.1 Å². The van der Waals surface area contributed by atoms with Crippen LogP contribution in [-0.2, 0) is 14.8 Å². The molecule has 1 aromatic carbocycles. The first-order valence-electron chi connectivity index (χ1n) is 5.82. The molecular weight excluding hydrogens is 257 g/mol. The average molecular weight is 273 g/mol. The third-order valence-electron chi connectivity index (χ3n) is 3.17. The van der Waals surface area contributed by atoms with E-state index in [2.05, 4.69) is 4.72 Å². The molecule has 1 fully saturated rings. The molecule has 2 unspecified atom stereocenters. The molecule has 2 rings (SSSR count). The van der Waals surface area contributed by atoms with Crippen molar-refractivity contribution in [3.8, 4) is 0 Å². The number of hydrogen-bond donors (Lipinski definition) is 1. The largest absolute Gasteiger partial charge is 0.381 e. The summed E-state index contributed by atoms with van der Waals surface area (Å²) in [6.45, 7) is 0. The number of methoxy groups -OCH3 is 1. The lowest BCUT2D eigenvalue weighted by atomic mass is 10.3. The first kappa shape index (κ1) is 13.5. The molecule has 1 aliphatic rings. The molecule has 0 bridgehead atoms. The van der Waals surface area contributed by atoms with Crippen LogP contribution >= 0.6 is 0 Å². The zero-order valence-corrected chi connectivity index (χ0v) is 10.9. The molecule has 4 nitrogen and oxygen atoms in total. The maximum Gasteiger partial charge on any atom is 0.243 e. The van der Waals surface area contributed by atoms with E-state index < -0.39 is 15.8 Å². The van der Waals surface area contributed by atoms with E-state index in [4.69, 9.17) is 4.74 Å². The second-order valence-electron chi connectivity index (χ2n) is 4.42. The summed E-state index contributed by atoms with van der Waals surface area (Å²) in [6.07, 6.45) is 2.25. The van der Waals surface area contributed by atoms with Crippen molar-refractivity contribution in [3.05, 3.63) is 30.1 Å². The van der Waals surface area contributed by atoms with Crippen LogP contribution in [0.25, 0.3) is 0 Å². The summed E-state index contributed by atoms with van der Waals surface area (Å²) in [5.41, 5.74) is 0. The van der Waals surface area contributed by atoms with E-state index in [1.807, 2.05) is 0 Å². The number of rotatable bonds is 4. The fourth-order valence-corrected chi connectivity index (χ4v) is 3.57. The van der Waals surface area contributed by atoms with Crippen LogP contribution in [0.4, 0.5) is 4.39 Å². The van der Waals surface area contributed by atoms with Gasteiger partial charge in [0.25, 0.3) is 0 Å². The fourth-order valence-electron chi connectivity index (χ4n) is 2.21. The second kappa shape index (κ2) is 5.34. The highest BCUT2D eigenvalue weighted by atomic mass is 32.2. The Balaban J connectivity index is 2.11. The monoisotopic (exact) mass is 273 g/mol. The van der Waals surface area contributed by atoms with Gasteiger partial charge in [0.15, 0.2) is 0 Å². The van der Waals surface area contributed by atoms with Gasteiger partial charge in [-0.3, -0.25) is 0 Å². The van der Waals surface area contributed by atoms with Crippen molar-refractivity contribution in [1.29, 1.82) is 0 Å². The SMILES string of the molecule is COC1CCC(NS(=O)(=O)c2ccccc2F)C1. The second-order valence-corrected chi connectivity index (χ2v) is 6.10. The van der Waals surface area contributed by atoms with Crippen molar-refractivity contribution in [2.45, 2.75) is 36.3 Å². The van der Waals surface area contributed by atoms with Crippen molar-refractivity contribution in [2.24, 2.45) is 0 Å². The summed E-state index contributed by atoms with van der Waals surface area (Å²) < 4.78 is 45.2. The summed E-state index contributed by atoms with van der Waals surface area (Å²) in [5, 5.41) is 0. The first-order chi connectivity index (χ1) is 8.53. The predicted octanol–water partition coefficient (Wildman–Crippen LogP) is 1.67. The van der Waals surface area contributed by atoms with Gasteiger partial charge in [0.2, 0.25) is 10.0 Å². The van der Waals surface area contributed by atoms with E-state index in [9.17, 15) is 12.8 Å².